The smallest absolute Gasteiger partial charge is 0.102 e. The zero-order valence-electron chi connectivity index (χ0n) is 11.4. The van der Waals surface area contributed by atoms with E-state index in [1.165, 1.54) is 37.9 Å². The highest BCUT2D eigenvalue weighted by molar-refractivity contribution is 5.18. The van der Waals surface area contributed by atoms with Gasteiger partial charge in [0.2, 0.25) is 0 Å². The Morgan fingerprint density at radius 1 is 1.37 bits per heavy atom. The Balaban J connectivity index is 1.94. The third-order valence-corrected chi connectivity index (χ3v) is 3.49. The SMILES string of the molecule is NCC(O)=CCc1cc(CN2CCCCC2)ccn1. The minimum atomic E-state index is 0.188. The van der Waals surface area contributed by atoms with E-state index in [9.17, 15) is 5.11 Å². The van der Waals surface area contributed by atoms with Gasteiger partial charge >= 0.3 is 0 Å². The molecule has 104 valence electrons. The number of piperidine rings is 1. The zero-order chi connectivity index (χ0) is 13.5. The van der Waals surface area contributed by atoms with E-state index in [0.717, 1.165) is 12.2 Å². The van der Waals surface area contributed by atoms with Gasteiger partial charge in [-0.1, -0.05) is 6.42 Å². The van der Waals surface area contributed by atoms with Crippen molar-refractivity contribution >= 4 is 0 Å². The fraction of sp³-hybridized carbons (Fsp3) is 0.533. The third-order valence-electron chi connectivity index (χ3n) is 3.49. The largest absolute Gasteiger partial charge is 0.511 e. The van der Waals surface area contributed by atoms with Crippen molar-refractivity contribution in [2.75, 3.05) is 19.6 Å². The minimum Gasteiger partial charge on any atom is -0.511 e. The lowest BCUT2D eigenvalue weighted by molar-refractivity contribution is 0.221. The minimum absolute atomic E-state index is 0.188. The lowest BCUT2D eigenvalue weighted by Gasteiger charge is -2.26. The second kappa shape index (κ2) is 7.26. The summed E-state index contributed by atoms with van der Waals surface area (Å²) in [5.41, 5.74) is 7.62. The van der Waals surface area contributed by atoms with Crippen molar-refractivity contribution in [1.82, 2.24) is 9.88 Å². The average Bonchev–Trinajstić information content (AvgIpc) is 2.46. The van der Waals surface area contributed by atoms with Crippen LogP contribution in [0.2, 0.25) is 0 Å². The van der Waals surface area contributed by atoms with Crippen molar-refractivity contribution in [3.63, 3.8) is 0 Å². The number of aromatic nitrogens is 1. The molecule has 2 rings (SSSR count). The number of allylic oxidation sites excluding steroid dienone is 1. The van der Waals surface area contributed by atoms with Crippen LogP contribution in [0, 0.1) is 0 Å². The van der Waals surface area contributed by atoms with E-state index in [0.29, 0.717) is 6.42 Å². The highest BCUT2D eigenvalue weighted by Crippen LogP contribution is 2.13. The second-order valence-corrected chi connectivity index (χ2v) is 5.10. The maximum Gasteiger partial charge on any atom is 0.102 e. The van der Waals surface area contributed by atoms with E-state index < -0.39 is 0 Å². The Labute approximate surface area is 114 Å². The van der Waals surface area contributed by atoms with Crippen molar-refractivity contribution in [3.8, 4) is 0 Å². The number of likely N-dealkylation sites (tertiary alicyclic amines) is 1. The molecule has 1 aromatic rings. The molecule has 0 unspecified atom stereocenters. The van der Waals surface area contributed by atoms with Crippen molar-refractivity contribution in [3.05, 3.63) is 41.4 Å². The lowest BCUT2D eigenvalue weighted by Crippen LogP contribution is -2.29. The van der Waals surface area contributed by atoms with Gasteiger partial charge in [-0.25, -0.2) is 0 Å². The first-order valence-electron chi connectivity index (χ1n) is 7.02. The molecule has 4 nitrogen and oxygen atoms in total. The maximum absolute atomic E-state index is 9.35. The molecule has 0 bridgehead atoms. The molecule has 0 radical (unpaired) electrons. The van der Waals surface area contributed by atoms with Gasteiger partial charge in [0.05, 0.1) is 6.54 Å². The molecule has 0 aromatic carbocycles. The van der Waals surface area contributed by atoms with Crippen LogP contribution in [0.1, 0.15) is 30.5 Å². The summed E-state index contributed by atoms with van der Waals surface area (Å²) in [7, 11) is 0. The van der Waals surface area contributed by atoms with Crippen molar-refractivity contribution < 1.29 is 5.11 Å². The third kappa shape index (κ3) is 4.65. The number of hydrogen-bond acceptors (Lipinski definition) is 4. The molecular formula is C15H23N3O. The van der Waals surface area contributed by atoms with Crippen LogP contribution in [0.25, 0.3) is 0 Å². The van der Waals surface area contributed by atoms with Gasteiger partial charge in [-0.05, 0) is 49.7 Å². The number of hydrogen-bond donors (Lipinski definition) is 2. The molecule has 1 aliphatic rings. The number of pyridine rings is 1. The van der Waals surface area contributed by atoms with Gasteiger partial charge in [-0.15, -0.1) is 0 Å². The van der Waals surface area contributed by atoms with Crippen LogP contribution in [0.15, 0.2) is 30.2 Å². The molecule has 0 saturated carbocycles. The summed E-state index contributed by atoms with van der Waals surface area (Å²) < 4.78 is 0. The normalized spacial score (nSPS) is 17.6. The van der Waals surface area contributed by atoms with Crippen LogP contribution in [-0.4, -0.2) is 34.6 Å². The highest BCUT2D eigenvalue weighted by atomic mass is 16.3. The van der Waals surface area contributed by atoms with Gasteiger partial charge < -0.3 is 10.8 Å². The predicted octanol–water partition coefficient (Wildman–Crippen LogP) is 2.01. The van der Waals surface area contributed by atoms with Gasteiger partial charge in [-0.3, -0.25) is 9.88 Å². The molecular weight excluding hydrogens is 238 g/mol. The van der Waals surface area contributed by atoms with E-state index >= 15 is 0 Å². The monoisotopic (exact) mass is 261 g/mol. The fourth-order valence-corrected chi connectivity index (χ4v) is 2.42. The highest BCUT2D eigenvalue weighted by Gasteiger charge is 2.10. The molecule has 4 heteroatoms. The lowest BCUT2D eigenvalue weighted by atomic mass is 10.1. The van der Waals surface area contributed by atoms with Crippen LogP contribution in [0.4, 0.5) is 0 Å². The molecule has 1 aromatic heterocycles. The van der Waals surface area contributed by atoms with Crippen molar-refractivity contribution in [2.45, 2.75) is 32.2 Å². The molecule has 1 aliphatic heterocycles. The first kappa shape index (κ1) is 14.0. The summed E-state index contributed by atoms with van der Waals surface area (Å²) >= 11 is 0. The number of aliphatic hydroxyl groups is 1. The van der Waals surface area contributed by atoms with Gasteiger partial charge in [0.1, 0.15) is 5.76 Å². The molecule has 2 heterocycles. The van der Waals surface area contributed by atoms with Crippen LogP contribution in [0.3, 0.4) is 0 Å². The molecule has 19 heavy (non-hydrogen) atoms. The zero-order valence-corrected chi connectivity index (χ0v) is 11.4. The van der Waals surface area contributed by atoms with Gasteiger partial charge in [0.25, 0.3) is 0 Å². The van der Waals surface area contributed by atoms with Crippen molar-refractivity contribution in [1.29, 1.82) is 0 Å². The Morgan fingerprint density at radius 2 is 2.16 bits per heavy atom. The first-order chi connectivity index (χ1) is 9.28. The molecule has 1 fully saturated rings. The van der Waals surface area contributed by atoms with Gasteiger partial charge in [0, 0.05) is 24.9 Å². The first-order valence-corrected chi connectivity index (χ1v) is 7.02. The van der Waals surface area contributed by atoms with Crippen LogP contribution >= 0.6 is 0 Å². The molecule has 0 amide bonds. The van der Waals surface area contributed by atoms with Gasteiger partial charge in [0.15, 0.2) is 0 Å². The summed E-state index contributed by atoms with van der Waals surface area (Å²) in [6.07, 6.45) is 8.20. The summed E-state index contributed by atoms with van der Waals surface area (Å²) in [4.78, 5) is 6.82. The second-order valence-electron chi connectivity index (χ2n) is 5.10. The predicted molar refractivity (Wildman–Crippen MR) is 76.8 cm³/mol. The summed E-state index contributed by atoms with van der Waals surface area (Å²) in [6, 6.07) is 4.19. The van der Waals surface area contributed by atoms with E-state index in [1.54, 1.807) is 6.08 Å². The molecule has 0 spiro atoms. The van der Waals surface area contributed by atoms with E-state index in [4.69, 9.17) is 5.73 Å². The number of aliphatic hydroxyl groups excluding tert-OH is 1. The summed E-state index contributed by atoms with van der Waals surface area (Å²) in [5, 5.41) is 9.35. The quantitative estimate of drug-likeness (QED) is 0.796. The maximum atomic E-state index is 9.35. The van der Waals surface area contributed by atoms with Gasteiger partial charge in [-0.2, -0.15) is 0 Å². The molecule has 1 saturated heterocycles. The Kier molecular flexibility index (Phi) is 5.36. The summed E-state index contributed by atoms with van der Waals surface area (Å²) in [5.74, 6) is 0.225. The van der Waals surface area contributed by atoms with E-state index in [-0.39, 0.29) is 12.3 Å². The van der Waals surface area contributed by atoms with Crippen LogP contribution < -0.4 is 5.73 Å². The standard InChI is InChI=1S/C15H23N3O/c16-11-15(19)5-4-14-10-13(6-7-17-14)12-18-8-2-1-3-9-18/h5-7,10,19H,1-4,8-9,11-12,16H2. The summed E-state index contributed by atoms with van der Waals surface area (Å²) in [6.45, 7) is 3.59. The Bertz CT molecular complexity index is 425. The van der Waals surface area contributed by atoms with E-state index in [1.807, 2.05) is 6.20 Å². The Morgan fingerprint density at radius 3 is 2.89 bits per heavy atom. The molecule has 3 N–H and O–H groups in total. The van der Waals surface area contributed by atoms with Crippen LogP contribution in [0.5, 0.6) is 0 Å². The van der Waals surface area contributed by atoms with E-state index in [2.05, 4.69) is 22.0 Å². The van der Waals surface area contributed by atoms with Crippen LogP contribution in [-0.2, 0) is 13.0 Å². The topological polar surface area (TPSA) is 62.4 Å². The molecule has 0 aliphatic carbocycles. The Hall–Kier alpha value is -1.39. The number of nitrogens with two attached hydrogens (primary N) is 1. The fourth-order valence-electron chi connectivity index (χ4n) is 2.42. The average molecular weight is 261 g/mol. The number of nitrogens with zero attached hydrogens (tertiary/aromatic N) is 2. The number of rotatable bonds is 5. The van der Waals surface area contributed by atoms with Crippen molar-refractivity contribution in [2.24, 2.45) is 5.73 Å². The molecule has 0 atom stereocenters.